The van der Waals surface area contributed by atoms with Crippen LogP contribution in [0.4, 0.5) is 17.1 Å². The molecule has 4 rings (SSSR count). The first-order valence-electron chi connectivity index (χ1n) is 9.12. The Balaban J connectivity index is 1.87. The van der Waals surface area contributed by atoms with Crippen molar-refractivity contribution in [3.05, 3.63) is 58.2 Å². The predicted molar refractivity (Wildman–Crippen MR) is 116 cm³/mol. The Morgan fingerprint density at radius 3 is 2.62 bits per heavy atom. The lowest BCUT2D eigenvalue weighted by Gasteiger charge is -2.31. The Labute approximate surface area is 178 Å². The summed E-state index contributed by atoms with van der Waals surface area (Å²) in [6, 6.07) is 10.6. The number of fused-ring (bicyclic) bond motifs is 1. The van der Waals surface area contributed by atoms with Gasteiger partial charge in [-0.25, -0.2) is 4.79 Å². The average molecular weight is 432 g/mol. The predicted octanol–water partition coefficient (Wildman–Crippen LogP) is 4.91. The van der Waals surface area contributed by atoms with Crippen LogP contribution in [0.5, 0.6) is 0 Å². The number of carbonyl (C=O) groups is 1. The van der Waals surface area contributed by atoms with Crippen LogP contribution in [-0.4, -0.2) is 44.4 Å². The van der Waals surface area contributed by atoms with Gasteiger partial charge in [0.15, 0.2) is 0 Å². The number of nitrogens with one attached hydrogen (secondary N) is 1. The molecule has 3 aromatic rings. The van der Waals surface area contributed by atoms with E-state index < -0.39 is 5.97 Å². The molecule has 2 heterocycles. The summed E-state index contributed by atoms with van der Waals surface area (Å²) < 4.78 is 10.4. The first kappa shape index (κ1) is 19.8. The standard InChI is InChI=1S/C21H19Cl2N3O3/c1-28-21(27)16-11-14(23)3-5-18(16)25-20-15-10-13(22)2-4-17(15)24-12-19(20)26-6-8-29-9-7-26/h2-5,10-12H,6-9H2,1H3,(H,24,25). The smallest absolute Gasteiger partial charge is 0.340 e. The lowest BCUT2D eigenvalue weighted by Crippen LogP contribution is -2.36. The Kier molecular flexibility index (Phi) is 5.76. The van der Waals surface area contributed by atoms with Crippen molar-refractivity contribution in [1.82, 2.24) is 4.98 Å². The van der Waals surface area contributed by atoms with Crippen molar-refractivity contribution >= 4 is 57.1 Å². The first-order chi connectivity index (χ1) is 14.1. The molecular formula is C21H19Cl2N3O3. The van der Waals surface area contributed by atoms with E-state index in [2.05, 4.69) is 15.2 Å². The second kappa shape index (κ2) is 8.45. The van der Waals surface area contributed by atoms with Crippen molar-refractivity contribution < 1.29 is 14.3 Å². The van der Waals surface area contributed by atoms with Crippen LogP contribution in [0.1, 0.15) is 10.4 Å². The van der Waals surface area contributed by atoms with Crippen molar-refractivity contribution in [3.63, 3.8) is 0 Å². The van der Waals surface area contributed by atoms with Crippen LogP contribution in [-0.2, 0) is 9.47 Å². The first-order valence-corrected chi connectivity index (χ1v) is 9.88. The van der Waals surface area contributed by atoms with Gasteiger partial charge in [0, 0.05) is 28.5 Å². The van der Waals surface area contributed by atoms with E-state index in [1.807, 2.05) is 18.3 Å². The van der Waals surface area contributed by atoms with Gasteiger partial charge in [0.1, 0.15) is 0 Å². The van der Waals surface area contributed by atoms with Crippen molar-refractivity contribution in [2.75, 3.05) is 43.6 Å². The van der Waals surface area contributed by atoms with Crippen LogP contribution in [0.3, 0.4) is 0 Å². The number of hydrogen-bond acceptors (Lipinski definition) is 6. The van der Waals surface area contributed by atoms with Gasteiger partial charge in [0.2, 0.25) is 0 Å². The third-order valence-corrected chi connectivity index (χ3v) is 5.28. The van der Waals surface area contributed by atoms with E-state index in [9.17, 15) is 4.79 Å². The van der Waals surface area contributed by atoms with Gasteiger partial charge >= 0.3 is 5.97 Å². The number of nitrogens with zero attached hydrogens (tertiary/aromatic N) is 2. The lowest BCUT2D eigenvalue weighted by atomic mass is 10.1. The molecule has 0 spiro atoms. The molecule has 0 aliphatic carbocycles. The Hall–Kier alpha value is -2.54. The molecule has 1 saturated heterocycles. The molecular weight excluding hydrogens is 413 g/mol. The number of aromatic nitrogens is 1. The van der Waals surface area contributed by atoms with Crippen LogP contribution < -0.4 is 10.2 Å². The summed E-state index contributed by atoms with van der Waals surface area (Å²) in [5.74, 6) is -0.473. The quantitative estimate of drug-likeness (QED) is 0.592. The van der Waals surface area contributed by atoms with Gasteiger partial charge in [-0.3, -0.25) is 4.98 Å². The van der Waals surface area contributed by atoms with E-state index in [0.717, 1.165) is 35.4 Å². The zero-order chi connectivity index (χ0) is 20.4. The molecule has 150 valence electrons. The number of esters is 1. The van der Waals surface area contributed by atoms with E-state index >= 15 is 0 Å². The lowest BCUT2D eigenvalue weighted by molar-refractivity contribution is 0.0602. The molecule has 0 bridgehead atoms. The SMILES string of the molecule is COC(=O)c1cc(Cl)ccc1Nc1c(N2CCOCC2)cnc2ccc(Cl)cc12. The van der Waals surface area contributed by atoms with Crippen LogP contribution in [0.25, 0.3) is 10.9 Å². The van der Waals surface area contributed by atoms with Gasteiger partial charge < -0.3 is 19.7 Å². The minimum absolute atomic E-state index is 0.347. The molecule has 2 aromatic carbocycles. The molecule has 1 aliphatic rings. The monoisotopic (exact) mass is 431 g/mol. The van der Waals surface area contributed by atoms with Crippen molar-refractivity contribution in [1.29, 1.82) is 0 Å². The zero-order valence-corrected chi connectivity index (χ0v) is 17.3. The van der Waals surface area contributed by atoms with E-state index in [0.29, 0.717) is 34.5 Å². The molecule has 0 atom stereocenters. The number of rotatable bonds is 4. The molecule has 0 saturated carbocycles. The minimum atomic E-state index is -0.473. The molecule has 6 nitrogen and oxygen atoms in total. The number of anilines is 3. The number of halogens is 2. The number of hydrogen-bond donors (Lipinski definition) is 1. The summed E-state index contributed by atoms with van der Waals surface area (Å²) in [4.78, 5) is 19.1. The molecule has 0 amide bonds. The summed E-state index contributed by atoms with van der Waals surface area (Å²) in [5.41, 5.74) is 3.45. The second-order valence-electron chi connectivity index (χ2n) is 6.59. The molecule has 1 aliphatic heterocycles. The summed E-state index contributed by atoms with van der Waals surface area (Å²) in [6.45, 7) is 2.77. The van der Waals surface area contributed by atoms with Gasteiger partial charge in [0.05, 0.1) is 54.7 Å². The molecule has 1 aromatic heterocycles. The van der Waals surface area contributed by atoms with Gasteiger partial charge in [-0.05, 0) is 36.4 Å². The van der Waals surface area contributed by atoms with Crippen LogP contribution in [0, 0.1) is 0 Å². The van der Waals surface area contributed by atoms with Gasteiger partial charge in [0.25, 0.3) is 0 Å². The maximum Gasteiger partial charge on any atom is 0.340 e. The fourth-order valence-corrected chi connectivity index (χ4v) is 3.71. The summed E-state index contributed by atoms with van der Waals surface area (Å²) in [5, 5.41) is 5.32. The molecule has 8 heteroatoms. The van der Waals surface area contributed by atoms with E-state index in [1.54, 1.807) is 24.3 Å². The third kappa shape index (κ3) is 4.10. The highest BCUT2D eigenvalue weighted by atomic mass is 35.5. The summed E-state index contributed by atoms with van der Waals surface area (Å²) >= 11 is 12.4. The third-order valence-electron chi connectivity index (χ3n) is 4.81. The molecule has 1 N–H and O–H groups in total. The van der Waals surface area contributed by atoms with Crippen molar-refractivity contribution in [3.8, 4) is 0 Å². The second-order valence-corrected chi connectivity index (χ2v) is 7.46. The van der Waals surface area contributed by atoms with Crippen molar-refractivity contribution in [2.24, 2.45) is 0 Å². The van der Waals surface area contributed by atoms with Crippen LogP contribution >= 0.6 is 23.2 Å². The highest BCUT2D eigenvalue weighted by Crippen LogP contribution is 2.37. The zero-order valence-electron chi connectivity index (χ0n) is 15.7. The topological polar surface area (TPSA) is 63.7 Å². The highest BCUT2D eigenvalue weighted by Gasteiger charge is 2.20. The number of pyridine rings is 1. The number of carbonyl (C=O) groups excluding carboxylic acids is 1. The van der Waals surface area contributed by atoms with Crippen molar-refractivity contribution in [2.45, 2.75) is 0 Å². The van der Waals surface area contributed by atoms with E-state index in [1.165, 1.54) is 7.11 Å². The Morgan fingerprint density at radius 2 is 1.86 bits per heavy atom. The number of methoxy groups -OCH3 is 1. The van der Waals surface area contributed by atoms with Gasteiger partial charge in [-0.2, -0.15) is 0 Å². The highest BCUT2D eigenvalue weighted by molar-refractivity contribution is 6.32. The molecule has 1 fully saturated rings. The maximum absolute atomic E-state index is 12.3. The van der Waals surface area contributed by atoms with Gasteiger partial charge in [-0.15, -0.1) is 0 Å². The minimum Gasteiger partial charge on any atom is -0.465 e. The van der Waals surface area contributed by atoms with Crippen LogP contribution in [0.2, 0.25) is 10.0 Å². The Morgan fingerprint density at radius 1 is 1.14 bits per heavy atom. The number of benzene rings is 2. The van der Waals surface area contributed by atoms with Crippen LogP contribution in [0.15, 0.2) is 42.6 Å². The molecule has 0 radical (unpaired) electrons. The molecule has 29 heavy (non-hydrogen) atoms. The number of morpholine rings is 1. The molecule has 0 unspecified atom stereocenters. The average Bonchev–Trinajstić information content (AvgIpc) is 2.75. The van der Waals surface area contributed by atoms with Gasteiger partial charge in [-0.1, -0.05) is 23.2 Å². The number of ether oxygens (including phenoxy) is 2. The normalized spacial score (nSPS) is 14.1. The maximum atomic E-state index is 12.3. The van der Waals surface area contributed by atoms with E-state index in [4.69, 9.17) is 32.7 Å². The summed E-state index contributed by atoms with van der Waals surface area (Å²) in [6.07, 6.45) is 1.83. The summed E-state index contributed by atoms with van der Waals surface area (Å²) in [7, 11) is 1.34. The fourth-order valence-electron chi connectivity index (χ4n) is 3.37. The fraction of sp³-hybridized carbons (Fsp3) is 0.238. The largest absolute Gasteiger partial charge is 0.465 e. The van der Waals surface area contributed by atoms with E-state index in [-0.39, 0.29) is 0 Å². The Bertz CT molecular complexity index is 1070.